The minimum Gasteiger partial charge on any atom is -0.455 e. The van der Waals surface area contributed by atoms with Crippen LogP contribution in [0.2, 0.25) is 0 Å². The summed E-state index contributed by atoms with van der Waals surface area (Å²) in [6, 6.07) is 5.55. The van der Waals surface area contributed by atoms with Crippen LogP contribution < -0.4 is 0 Å². The maximum Gasteiger partial charge on any atom is 0.338 e. The first kappa shape index (κ1) is 15.7. The third-order valence-electron chi connectivity index (χ3n) is 5.14. The maximum absolute atomic E-state index is 12.2. The normalized spacial score (nSPS) is 26.8. The largest absolute Gasteiger partial charge is 0.455 e. The van der Waals surface area contributed by atoms with Crippen LogP contribution in [0.1, 0.15) is 55.8 Å². The molecule has 3 rings (SSSR count). The Bertz CT molecular complexity index is 649. The fourth-order valence-corrected chi connectivity index (χ4v) is 3.65. The Hall–Kier alpha value is -2.17. The minimum absolute atomic E-state index is 0.0284. The highest BCUT2D eigenvalue weighted by Gasteiger charge is 2.36. The van der Waals surface area contributed by atoms with Gasteiger partial charge in [-0.3, -0.25) is 10.1 Å². The SMILES string of the molecule is CC12CCCCC1=CC(OC(=O)c1ccc([N+](=O)[O-])cc1)CC2. The number of allylic oxidation sites excluding steroid dienone is 1. The van der Waals surface area contributed by atoms with Gasteiger partial charge in [-0.05, 0) is 55.7 Å². The smallest absolute Gasteiger partial charge is 0.338 e. The molecule has 0 heterocycles. The van der Waals surface area contributed by atoms with Crippen molar-refractivity contribution < 1.29 is 14.5 Å². The van der Waals surface area contributed by atoms with Crippen LogP contribution in [0, 0.1) is 15.5 Å². The van der Waals surface area contributed by atoms with Crippen molar-refractivity contribution in [2.75, 3.05) is 0 Å². The van der Waals surface area contributed by atoms with E-state index >= 15 is 0 Å². The molecule has 1 fully saturated rings. The van der Waals surface area contributed by atoms with Gasteiger partial charge in [-0.25, -0.2) is 4.79 Å². The molecule has 2 unspecified atom stereocenters. The van der Waals surface area contributed by atoms with Crippen LogP contribution in [-0.4, -0.2) is 17.0 Å². The van der Waals surface area contributed by atoms with Crippen molar-refractivity contribution in [2.45, 2.75) is 51.6 Å². The number of carbonyl (C=O) groups is 1. The van der Waals surface area contributed by atoms with Gasteiger partial charge < -0.3 is 4.74 Å². The lowest BCUT2D eigenvalue weighted by Crippen LogP contribution is -2.31. The fourth-order valence-electron chi connectivity index (χ4n) is 3.65. The lowest BCUT2D eigenvalue weighted by Gasteiger charge is -2.41. The molecule has 0 amide bonds. The summed E-state index contributed by atoms with van der Waals surface area (Å²) >= 11 is 0. The summed E-state index contributed by atoms with van der Waals surface area (Å²) < 4.78 is 5.59. The number of non-ortho nitro benzene ring substituents is 1. The van der Waals surface area contributed by atoms with Gasteiger partial charge in [0.05, 0.1) is 10.5 Å². The van der Waals surface area contributed by atoms with Gasteiger partial charge in [0.2, 0.25) is 0 Å². The topological polar surface area (TPSA) is 69.4 Å². The zero-order valence-electron chi connectivity index (χ0n) is 13.3. The standard InChI is InChI=1S/C18H21NO4/c1-18-10-3-2-4-14(18)12-16(9-11-18)23-17(20)13-5-7-15(8-6-13)19(21)22/h5-8,12,16H,2-4,9-11H2,1H3. The third kappa shape index (κ3) is 3.28. The number of carbonyl (C=O) groups excluding carboxylic acids is 1. The van der Waals surface area contributed by atoms with E-state index < -0.39 is 10.9 Å². The Balaban J connectivity index is 1.68. The Kier molecular flexibility index (Phi) is 4.20. The van der Waals surface area contributed by atoms with Gasteiger partial charge in [0, 0.05) is 12.1 Å². The van der Waals surface area contributed by atoms with E-state index in [0.717, 1.165) is 19.3 Å². The van der Waals surface area contributed by atoms with Gasteiger partial charge >= 0.3 is 5.97 Å². The van der Waals surface area contributed by atoms with E-state index in [1.54, 1.807) is 0 Å². The van der Waals surface area contributed by atoms with Crippen molar-refractivity contribution in [1.82, 2.24) is 0 Å². The lowest BCUT2D eigenvalue weighted by molar-refractivity contribution is -0.384. The van der Waals surface area contributed by atoms with Gasteiger partial charge in [0.25, 0.3) is 5.69 Å². The molecule has 0 aromatic heterocycles. The van der Waals surface area contributed by atoms with Gasteiger partial charge in [0.15, 0.2) is 0 Å². The Morgan fingerprint density at radius 2 is 2.00 bits per heavy atom. The number of nitrogens with zero attached hydrogens (tertiary/aromatic N) is 1. The quantitative estimate of drug-likeness (QED) is 0.358. The number of esters is 1. The van der Waals surface area contributed by atoms with Crippen LogP contribution in [0.15, 0.2) is 35.9 Å². The number of hydrogen-bond donors (Lipinski definition) is 0. The molecule has 5 nitrogen and oxygen atoms in total. The van der Waals surface area contributed by atoms with E-state index in [0.29, 0.717) is 5.56 Å². The molecule has 2 atom stereocenters. The highest BCUT2D eigenvalue weighted by molar-refractivity contribution is 5.89. The van der Waals surface area contributed by atoms with Crippen molar-refractivity contribution in [3.05, 3.63) is 51.6 Å². The van der Waals surface area contributed by atoms with Gasteiger partial charge in [-0.15, -0.1) is 0 Å². The number of benzene rings is 1. The molecular formula is C18H21NO4. The molecule has 0 aliphatic heterocycles. The first-order chi connectivity index (χ1) is 11.0. The first-order valence-electron chi connectivity index (χ1n) is 8.14. The van der Waals surface area contributed by atoms with Crippen LogP contribution in [-0.2, 0) is 4.74 Å². The molecule has 0 N–H and O–H groups in total. The number of nitro benzene ring substituents is 1. The summed E-state index contributed by atoms with van der Waals surface area (Å²) in [5.74, 6) is -0.416. The molecule has 1 aromatic carbocycles. The molecule has 2 aliphatic carbocycles. The highest BCUT2D eigenvalue weighted by Crippen LogP contribution is 2.47. The molecule has 122 valence electrons. The second kappa shape index (κ2) is 6.14. The Morgan fingerprint density at radius 1 is 1.26 bits per heavy atom. The second-order valence-electron chi connectivity index (χ2n) is 6.75. The van der Waals surface area contributed by atoms with Crippen LogP contribution in [0.4, 0.5) is 5.69 Å². The van der Waals surface area contributed by atoms with E-state index in [1.807, 2.05) is 0 Å². The van der Waals surface area contributed by atoms with E-state index in [4.69, 9.17) is 4.74 Å². The number of rotatable bonds is 3. The summed E-state index contributed by atoms with van der Waals surface area (Å²) in [7, 11) is 0. The average Bonchev–Trinajstić information content (AvgIpc) is 2.55. The molecule has 2 aliphatic rings. The molecule has 0 saturated heterocycles. The molecule has 0 spiro atoms. The molecule has 5 heteroatoms. The van der Waals surface area contributed by atoms with Crippen molar-refractivity contribution in [1.29, 1.82) is 0 Å². The summed E-state index contributed by atoms with van der Waals surface area (Å²) in [5.41, 5.74) is 2.04. The minimum atomic E-state index is -0.482. The summed E-state index contributed by atoms with van der Waals surface area (Å²) in [5, 5.41) is 10.6. The molecule has 23 heavy (non-hydrogen) atoms. The number of fused-ring (bicyclic) bond motifs is 1. The zero-order chi connectivity index (χ0) is 16.4. The summed E-state index contributed by atoms with van der Waals surface area (Å²) in [4.78, 5) is 22.4. The molecule has 0 bridgehead atoms. The molecular weight excluding hydrogens is 294 g/mol. The third-order valence-corrected chi connectivity index (χ3v) is 5.14. The highest BCUT2D eigenvalue weighted by atomic mass is 16.6. The van der Waals surface area contributed by atoms with Gasteiger partial charge in [0.1, 0.15) is 6.10 Å². The van der Waals surface area contributed by atoms with Crippen molar-refractivity contribution in [3.8, 4) is 0 Å². The van der Waals surface area contributed by atoms with E-state index in [2.05, 4.69) is 13.0 Å². The predicted molar refractivity (Wildman–Crippen MR) is 86.2 cm³/mol. The Morgan fingerprint density at radius 3 is 2.70 bits per heavy atom. The first-order valence-corrected chi connectivity index (χ1v) is 8.14. The molecule has 1 aromatic rings. The van der Waals surface area contributed by atoms with Crippen LogP contribution in [0.25, 0.3) is 0 Å². The maximum atomic E-state index is 12.2. The summed E-state index contributed by atoms with van der Waals surface area (Å²) in [6.45, 7) is 2.31. The van der Waals surface area contributed by atoms with E-state index in [9.17, 15) is 14.9 Å². The zero-order valence-corrected chi connectivity index (χ0v) is 13.3. The van der Waals surface area contributed by atoms with E-state index in [1.165, 1.54) is 49.1 Å². The Labute approximate surface area is 135 Å². The number of nitro groups is 1. The molecule has 0 radical (unpaired) electrons. The molecule has 1 saturated carbocycles. The average molecular weight is 315 g/mol. The summed E-state index contributed by atoms with van der Waals surface area (Å²) in [6.07, 6.45) is 8.66. The second-order valence-corrected chi connectivity index (χ2v) is 6.75. The van der Waals surface area contributed by atoms with Gasteiger partial charge in [-0.2, -0.15) is 0 Å². The monoisotopic (exact) mass is 315 g/mol. The number of hydrogen-bond acceptors (Lipinski definition) is 4. The number of ether oxygens (including phenoxy) is 1. The van der Waals surface area contributed by atoms with E-state index in [-0.39, 0.29) is 17.2 Å². The van der Waals surface area contributed by atoms with Crippen LogP contribution in [0.5, 0.6) is 0 Å². The van der Waals surface area contributed by atoms with Crippen molar-refractivity contribution in [2.24, 2.45) is 5.41 Å². The van der Waals surface area contributed by atoms with Gasteiger partial charge in [-0.1, -0.05) is 18.9 Å². The van der Waals surface area contributed by atoms with Crippen molar-refractivity contribution >= 4 is 11.7 Å². The van der Waals surface area contributed by atoms with Crippen LogP contribution >= 0.6 is 0 Å². The van der Waals surface area contributed by atoms with Crippen molar-refractivity contribution in [3.63, 3.8) is 0 Å². The van der Waals surface area contributed by atoms with Crippen LogP contribution in [0.3, 0.4) is 0 Å². The predicted octanol–water partition coefficient (Wildman–Crippen LogP) is 4.42. The lowest BCUT2D eigenvalue weighted by atomic mass is 9.66. The fraction of sp³-hybridized carbons (Fsp3) is 0.500.